The number of aryl methyl sites for hydroxylation is 1. The number of benzene rings is 1. The lowest BCUT2D eigenvalue weighted by atomic mass is 10.00. The summed E-state index contributed by atoms with van der Waals surface area (Å²) in [5.74, 6) is -0.176. The van der Waals surface area contributed by atoms with Crippen molar-refractivity contribution in [1.29, 1.82) is 5.26 Å². The van der Waals surface area contributed by atoms with Crippen LogP contribution < -0.4 is 4.74 Å². The highest BCUT2D eigenvalue weighted by Gasteiger charge is 2.26. The fourth-order valence-corrected chi connectivity index (χ4v) is 1.75. The Balaban J connectivity index is 2.26. The van der Waals surface area contributed by atoms with Gasteiger partial charge in [0.1, 0.15) is 11.8 Å². The van der Waals surface area contributed by atoms with E-state index in [2.05, 4.69) is 0 Å². The Morgan fingerprint density at radius 1 is 1.59 bits per heavy atom. The predicted octanol–water partition coefficient (Wildman–Crippen LogP) is 1.38. The van der Waals surface area contributed by atoms with Gasteiger partial charge in [-0.15, -0.1) is 0 Å². The van der Waals surface area contributed by atoms with Crippen LogP contribution >= 0.6 is 0 Å². The van der Waals surface area contributed by atoms with Gasteiger partial charge in [-0.05, 0) is 18.9 Å². The fourth-order valence-electron chi connectivity index (χ4n) is 1.75. The van der Waals surface area contributed by atoms with E-state index >= 15 is 0 Å². The average molecular weight is 232 g/mol. The molecule has 0 bridgehead atoms. The molecule has 1 heterocycles. The number of carbonyl (C=O) groups excluding carboxylic acids is 1. The lowest BCUT2D eigenvalue weighted by Gasteiger charge is -2.22. The van der Waals surface area contributed by atoms with Crippen molar-refractivity contribution in [2.45, 2.75) is 18.9 Å². The van der Waals surface area contributed by atoms with Gasteiger partial charge >= 0.3 is 0 Å². The smallest absolute Gasteiger partial charge is 0.272 e. The maximum atomic E-state index is 11.2. The summed E-state index contributed by atoms with van der Waals surface area (Å²) < 4.78 is 5.32. The molecule has 17 heavy (non-hydrogen) atoms. The molecule has 0 amide bonds. The van der Waals surface area contributed by atoms with E-state index in [-0.39, 0.29) is 5.69 Å². The van der Waals surface area contributed by atoms with Gasteiger partial charge in [-0.25, -0.2) is 0 Å². The van der Waals surface area contributed by atoms with Crippen molar-refractivity contribution in [2.75, 3.05) is 0 Å². The second-order valence-electron chi connectivity index (χ2n) is 3.67. The Morgan fingerprint density at radius 3 is 3.00 bits per heavy atom. The van der Waals surface area contributed by atoms with Crippen molar-refractivity contribution < 1.29 is 14.5 Å². The Hall–Kier alpha value is -2.42. The third kappa shape index (κ3) is 2.08. The molecule has 86 valence electrons. The summed E-state index contributed by atoms with van der Waals surface area (Å²) >= 11 is 0. The number of ether oxygens (including phenoxy) is 1. The summed E-state index contributed by atoms with van der Waals surface area (Å²) in [7, 11) is 0. The van der Waals surface area contributed by atoms with E-state index in [1.807, 2.05) is 0 Å². The number of rotatable bonds is 2. The zero-order valence-electron chi connectivity index (χ0n) is 8.75. The number of nitriles is 1. The number of nitrogens with zero attached hydrogens (tertiary/aromatic N) is 2. The minimum atomic E-state index is -0.756. The van der Waals surface area contributed by atoms with Crippen LogP contribution in [0.3, 0.4) is 0 Å². The molecule has 1 aliphatic heterocycles. The number of non-ortho nitro benzene ring substituents is 1. The minimum Gasteiger partial charge on any atom is -0.481 e. The van der Waals surface area contributed by atoms with Gasteiger partial charge in [0.15, 0.2) is 6.10 Å². The second kappa shape index (κ2) is 4.22. The summed E-state index contributed by atoms with van der Waals surface area (Å²) in [4.78, 5) is 21.3. The van der Waals surface area contributed by atoms with Crippen LogP contribution in [0.5, 0.6) is 5.75 Å². The molecule has 2 rings (SSSR count). The molecular weight excluding hydrogens is 224 g/mol. The standard InChI is InChI=1S/C11H8N2O4/c12-6-9(14)11-3-1-7-5-8(13(15)16)2-4-10(7)17-11/h2,4-5,11H,1,3H2. The minimum absolute atomic E-state index is 0.00240. The summed E-state index contributed by atoms with van der Waals surface area (Å²) in [6.45, 7) is 0. The quantitative estimate of drug-likeness (QED) is 0.436. The number of nitro benzene ring substituents is 1. The second-order valence-corrected chi connectivity index (χ2v) is 3.67. The van der Waals surface area contributed by atoms with E-state index < -0.39 is 16.8 Å². The first-order valence-electron chi connectivity index (χ1n) is 4.99. The zero-order valence-corrected chi connectivity index (χ0v) is 8.75. The SMILES string of the molecule is N#CC(=O)C1CCc2cc([N+](=O)[O-])ccc2O1. The fraction of sp³-hybridized carbons (Fsp3) is 0.273. The average Bonchev–Trinajstić information content (AvgIpc) is 2.36. The largest absolute Gasteiger partial charge is 0.481 e. The maximum absolute atomic E-state index is 11.2. The van der Waals surface area contributed by atoms with Crippen LogP contribution in [0.15, 0.2) is 18.2 Å². The number of Topliss-reactive ketones (excluding diaryl/α,β-unsaturated/α-hetero) is 1. The lowest BCUT2D eigenvalue weighted by Crippen LogP contribution is -2.30. The van der Waals surface area contributed by atoms with E-state index in [0.29, 0.717) is 24.2 Å². The molecular formula is C11H8N2O4. The number of nitro groups is 1. The first kappa shape index (κ1) is 11.1. The number of carbonyl (C=O) groups is 1. The summed E-state index contributed by atoms with van der Waals surface area (Å²) in [6.07, 6.45) is 0.115. The van der Waals surface area contributed by atoms with Crippen LogP contribution in [0.1, 0.15) is 12.0 Å². The highest BCUT2D eigenvalue weighted by Crippen LogP contribution is 2.30. The van der Waals surface area contributed by atoms with Crippen molar-refractivity contribution in [3.63, 3.8) is 0 Å². The highest BCUT2D eigenvalue weighted by molar-refractivity contribution is 5.97. The van der Waals surface area contributed by atoms with Crippen molar-refractivity contribution in [1.82, 2.24) is 0 Å². The van der Waals surface area contributed by atoms with Gasteiger partial charge in [0.25, 0.3) is 11.5 Å². The Kier molecular flexibility index (Phi) is 2.75. The molecule has 0 aliphatic carbocycles. The van der Waals surface area contributed by atoms with E-state index in [0.717, 1.165) is 0 Å². The number of hydrogen-bond acceptors (Lipinski definition) is 5. The maximum Gasteiger partial charge on any atom is 0.272 e. The van der Waals surface area contributed by atoms with Crippen LogP contribution in [0.4, 0.5) is 5.69 Å². The van der Waals surface area contributed by atoms with Crippen molar-refractivity contribution in [2.24, 2.45) is 0 Å². The molecule has 0 saturated heterocycles. The number of hydrogen-bond donors (Lipinski definition) is 0. The monoisotopic (exact) mass is 232 g/mol. The van der Waals surface area contributed by atoms with Gasteiger partial charge in [0.05, 0.1) is 4.92 Å². The Morgan fingerprint density at radius 2 is 2.35 bits per heavy atom. The Labute approximate surface area is 96.6 Å². The molecule has 6 heteroatoms. The van der Waals surface area contributed by atoms with E-state index in [1.165, 1.54) is 24.3 Å². The third-order valence-corrected chi connectivity index (χ3v) is 2.60. The van der Waals surface area contributed by atoms with Gasteiger partial charge in [-0.2, -0.15) is 5.26 Å². The highest BCUT2D eigenvalue weighted by atomic mass is 16.6. The molecule has 1 aromatic carbocycles. The van der Waals surface area contributed by atoms with Crippen LogP contribution in [-0.2, 0) is 11.2 Å². The zero-order chi connectivity index (χ0) is 12.4. The molecule has 0 radical (unpaired) electrons. The van der Waals surface area contributed by atoms with Crippen molar-refractivity contribution in [3.05, 3.63) is 33.9 Å². The number of fused-ring (bicyclic) bond motifs is 1. The Bertz CT molecular complexity index is 533. The first-order chi connectivity index (χ1) is 8.11. The van der Waals surface area contributed by atoms with Crippen LogP contribution in [0.25, 0.3) is 0 Å². The molecule has 0 aromatic heterocycles. The van der Waals surface area contributed by atoms with Gasteiger partial charge in [-0.1, -0.05) is 0 Å². The summed E-state index contributed by atoms with van der Waals surface area (Å²) in [5.41, 5.74) is 0.693. The molecule has 1 aromatic rings. The van der Waals surface area contributed by atoms with E-state index in [1.54, 1.807) is 0 Å². The molecule has 0 spiro atoms. The van der Waals surface area contributed by atoms with Crippen LogP contribution in [-0.4, -0.2) is 16.8 Å². The molecule has 0 saturated carbocycles. The van der Waals surface area contributed by atoms with E-state index in [4.69, 9.17) is 10.00 Å². The molecule has 1 aliphatic rings. The first-order valence-corrected chi connectivity index (χ1v) is 4.99. The number of ketones is 1. The van der Waals surface area contributed by atoms with Crippen molar-refractivity contribution in [3.8, 4) is 11.8 Å². The topological polar surface area (TPSA) is 93.2 Å². The summed E-state index contributed by atoms with van der Waals surface area (Å²) in [6, 6.07) is 5.74. The summed E-state index contributed by atoms with van der Waals surface area (Å²) in [5, 5.41) is 19.1. The van der Waals surface area contributed by atoms with Crippen LogP contribution in [0, 0.1) is 21.4 Å². The molecule has 1 unspecified atom stereocenters. The van der Waals surface area contributed by atoms with Crippen molar-refractivity contribution >= 4 is 11.5 Å². The van der Waals surface area contributed by atoms with Gasteiger partial charge in [0, 0.05) is 17.7 Å². The molecule has 0 N–H and O–H groups in total. The predicted molar refractivity (Wildman–Crippen MR) is 56.5 cm³/mol. The molecule has 0 fully saturated rings. The lowest BCUT2D eigenvalue weighted by molar-refractivity contribution is -0.385. The van der Waals surface area contributed by atoms with Gasteiger partial charge < -0.3 is 4.74 Å². The molecule has 1 atom stereocenters. The van der Waals surface area contributed by atoms with Gasteiger partial charge in [0.2, 0.25) is 0 Å². The van der Waals surface area contributed by atoms with Crippen LogP contribution in [0.2, 0.25) is 0 Å². The normalized spacial score (nSPS) is 17.5. The molecule has 6 nitrogen and oxygen atoms in total. The van der Waals surface area contributed by atoms with E-state index in [9.17, 15) is 14.9 Å². The third-order valence-electron chi connectivity index (χ3n) is 2.60. The van der Waals surface area contributed by atoms with Gasteiger partial charge in [-0.3, -0.25) is 14.9 Å².